The molecular formula is C13H9FN2OS2. The van der Waals surface area contributed by atoms with Crippen LogP contribution in [0.5, 0.6) is 0 Å². The van der Waals surface area contributed by atoms with E-state index in [2.05, 4.69) is 10.3 Å². The predicted molar refractivity (Wildman–Crippen MR) is 76.2 cm³/mol. The lowest BCUT2D eigenvalue weighted by Gasteiger charge is -1.98. The van der Waals surface area contributed by atoms with Crippen molar-refractivity contribution < 1.29 is 9.18 Å². The Bertz CT molecular complexity index is 721. The van der Waals surface area contributed by atoms with E-state index < -0.39 is 0 Å². The van der Waals surface area contributed by atoms with Gasteiger partial charge in [0.05, 0.1) is 16.6 Å². The van der Waals surface area contributed by atoms with Gasteiger partial charge in [-0.1, -0.05) is 11.3 Å². The predicted octanol–water partition coefficient (Wildman–Crippen LogP) is 3.68. The van der Waals surface area contributed by atoms with E-state index in [1.165, 1.54) is 23.5 Å². The molecule has 0 unspecified atom stereocenters. The van der Waals surface area contributed by atoms with Crippen LogP contribution in [0, 0.1) is 5.82 Å². The molecule has 0 atom stereocenters. The number of thiazole rings is 1. The minimum Gasteiger partial charge on any atom is -0.302 e. The number of carbonyl (C=O) groups is 1. The first-order valence-electron chi connectivity index (χ1n) is 5.58. The molecule has 0 aliphatic heterocycles. The summed E-state index contributed by atoms with van der Waals surface area (Å²) in [7, 11) is 0. The average Bonchev–Trinajstić information content (AvgIpc) is 2.97. The SMILES string of the molecule is O=C(Cc1ccsc1)Nc1nc2ccc(F)cc2s1. The standard InChI is InChI=1S/C13H9FN2OS2/c14-9-1-2-10-11(6-9)19-13(15-10)16-12(17)5-8-3-4-18-7-8/h1-4,6-7H,5H2,(H,15,16,17). The number of nitrogens with one attached hydrogen (secondary N) is 1. The fourth-order valence-corrected chi connectivity index (χ4v) is 3.27. The number of rotatable bonds is 3. The average molecular weight is 292 g/mol. The van der Waals surface area contributed by atoms with Gasteiger partial charge in [0.15, 0.2) is 5.13 Å². The third-order valence-corrected chi connectivity index (χ3v) is 4.21. The molecular weight excluding hydrogens is 283 g/mol. The summed E-state index contributed by atoms with van der Waals surface area (Å²) in [6.45, 7) is 0. The highest BCUT2D eigenvalue weighted by Crippen LogP contribution is 2.26. The summed E-state index contributed by atoms with van der Waals surface area (Å²) in [5, 5.41) is 7.11. The maximum Gasteiger partial charge on any atom is 0.230 e. The second-order valence-electron chi connectivity index (χ2n) is 3.99. The lowest BCUT2D eigenvalue weighted by Crippen LogP contribution is -2.13. The molecule has 0 saturated heterocycles. The zero-order chi connectivity index (χ0) is 13.2. The van der Waals surface area contributed by atoms with E-state index in [9.17, 15) is 9.18 Å². The van der Waals surface area contributed by atoms with E-state index in [1.54, 1.807) is 17.4 Å². The molecule has 2 heterocycles. The van der Waals surface area contributed by atoms with E-state index >= 15 is 0 Å². The van der Waals surface area contributed by atoms with Crippen molar-refractivity contribution in [2.75, 3.05) is 5.32 Å². The van der Waals surface area contributed by atoms with Crippen LogP contribution >= 0.6 is 22.7 Å². The molecule has 0 aliphatic carbocycles. The third-order valence-electron chi connectivity index (χ3n) is 2.54. The number of hydrogen-bond donors (Lipinski definition) is 1. The van der Waals surface area contributed by atoms with Crippen molar-refractivity contribution in [2.24, 2.45) is 0 Å². The topological polar surface area (TPSA) is 42.0 Å². The van der Waals surface area contributed by atoms with Crippen LogP contribution < -0.4 is 5.32 Å². The van der Waals surface area contributed by atoms with Crippen LogP contribution in [0.2, 0.25) is 0 Å². The molecule has 96 valence electrons. The van der Waals surface area contributed by atoms with Gasteiger partial charge < -0.3 is 5.32 Å². The Morgan fingerprint density at radius 1 is 1.37 bits per heavy atom. The van der Waals surface area contributed by atoms with Crippen molar-refractivity contribution >= 4 is 43.9 Å². The van der Waals surface area contributed by atoms with Gasteiger partial charge in [-0.3, -0.25) is 4.79 Å². The van der Waals surface area contributed by atoms with Crippen LogP contribution in [-0.4, -0.2) is 10.9 Å². The molecule has 3 aromatic rings. The number of thiophene rings is 1. The van der Waals surface area contributed by atoms with Crippen molar-refractivity contribution in [3.05, 3.63) is 46.4 Å². The summed E-state index contributed by atoms with van der Waals surface area (Å²) in [6.07, 6.45) is 0.327. The Morgan fingerprint density at radius 3 is 3.05 bits per heavy atom. The summed E-state index contributed by atoms with van der Waals surface area (Å²) in [5.74, 6) is -0.412. The summed E-state index contributed by atoms with van der Waals surface area (Å²) < 4.78 is 13.8. The molecule has 1 N–H and O–H groups in total. The maximum absolute atomic E-state index is 13.1. The van der Waals surface area contributed by atoms with E-state index in [0.29, 0.717) is 17.1 Å². The molecule has 0 spiro atoms. The number of benzene rings is 1. The lowest BCUT2D eigenvalue weighted by molar-refractivity contribution is -0.115. The second-order valence-corrected chi connectivity index (χ2v) is 5.80. The number of carbonyl (C=O) groups excluding carboxylic acids is 1. The Kier molecular flexibility index (Phi) is 3.27. The molecule has 3 rings (SSSR count). The van der Waals surface area contributed by atoms with Gasteiger partial charge in [0.25, 0.3) is 0 Å². The molecule has 0 fully saturated rings. The molecule has 0 saturated carbocycles. The molecule has 1 aromatic carbocycles. The quantitative estimate of drug-likeness (QED) is 0.800. The van der Waals surface area contributed by atoms with Gasteiger partial charge in [-0.25, -0.2) is 9.37 Å². The van der Waals surface area contributed by atoms with Crippen molar-refractivity contribution in [3.63, 3.8) is 0 Å². The zero-order valence-corrected chi connectivity index (χ0v) is 11.4. The number of amides is 1. The lowest BCUT2D eigenvalue weighted by atomic mass is 10.2. The molecule has 0 radical (unpaired) electrons. The number of fused-ring (bicyclic) bond motifs is 1. The van der Waals surface area contributed by atoms with Gasteiger partial charge >= 0.3 is 0 Å². The molecule has 0 aliphatic rings. The largest absolute Gasteiger partial charge is 0.302 e. The first kappa shape index (κ1) is 12.3. The van der Waals surface area contributed by atoms with Gasteiger partial charge in [-0.2, -0.15) is 11.3 Å². The Morgan fingerprint density at radius 2 is 2.26 bits per heavy atom. The van der Waals surface area contributed by atoms with Crippen molar-refractivity contribution in [1.82, 2.24) is 4.98 Å². The number of halogens is 1. The molecule has 1 amide bonds. The van der Waals surface area contributed by atoms with Crippen molar-refractivity contribution in [2.45, 2.75) is 6.42 Å². The fourth-order valence-electron chi connectivity index (χ4n) is 1.69. The van der Waals surface area contributed by atoms with E-state index in [4.69, 9.17) is 0 Å². The minimum atomic E-state index is -0.299. The van der Waals surface area contributed by atoms with Gasteiger partial charge in [-0.15, -0.1) is 0 Å². The number of nitrogens with zero attached hydrogens (tertiary/aromatic N) is 1. The third kappa shape index (κ3) is 2.80. The van der Waals surface area contributed by atoms with Gasteiger partial charge in [0, 0.05) is 0 Å². The highest BCUT2D eigenvalue weighted by atomic mass is 32.1. The molecule has 6 heteroatoms. The molecule has 2 aromatic heterocycles. The normalized spacial score (nSPS) is 10.8. The Balaban J connectivity index is 1.76. The van der Waals surface area contributed by atoms with E-state index in [-0.39, 0.29) is 11.7 Å². The van der Waals surface area contributed by atoms with Crippen molar-refractivity contribution in [1.29, 1.82) is 0 Å². The number of aromatic nitrogens is 1. The molecule has 0 bridgehead atoms. The van der Waals surface area contributed by atoms with E-state index in [1.807, 2.05) is 16.8 Å². The van der Waals surface area contributed by atoms with Crippen molar-refractivity contribution in [3.8, 4) is 0 Å². The van der Waals surface area contributed by atoms with Crippen LogP contribution in [0.4, 0.5) is 9.52 Å². The fraction of sp³-hybridized carbons (Fsp3) is 0.0769. The summed E-state index contributed by atoms with van der Waals surface area (Å²) >= 11 is 2.83. The number of hydrogen-bond acceptors (Lipinski definition) is 4. The first-order chi connectivity index (χ1) is 9.20. The van der Waals surface area contributed by atoms with Gasteiger partial charge in [0.1, 0.15) is 5.82 Å². The second kappa shape index (κ2) is 5.07. The minimum absolute atomic E-state index is 0.113. The highest BCUT2D eigenvalue weighted by molar-refractivity contribution is 7.22. The monoisotopic (exact) mass is 292 g/mol. The zero-order valence-electron chi connectivity index (χ0n) is 9.72. The molecule has 3 nitrogen and oxygen atoms in total. The van der Waals surface area contributed by atoms with Crippen LogP contribution in [0.25, 0.3) is 10.2 Å². The van der Waals surface area contributed by atoms with Crippen LogP contribution in [0.1, 0.15) is 5.56 Å². The number of anilines is 1. The van der Waals surface area contributed by atoms with Gasteiger partial charge in [-0.05, 0) is 40.6 Å². The summed E-state index contributed by atoms with van der Waals surface area (Å²) in [5.41, 5.74) is 1.67. The van der Waals surface area contributed by atoms with Crippen LogP contribution in [0.3, 0.4) is 0 Å². The Labute approximate surface area is 116 Å². The summed E-state index contributed by atoms with van der Waals surface area (Å²) in [6, 6.07) is 6.30. The smallest absolute Gasteiger partial charge is 0.230 e. The van der Waals surface area contributed by atoms with Crippen LogP contribution in [0.15, 0.2) is 35.0 Å². The van der Waals surface area contributed by atoms with Crippen LogP contribution in [-0.2, 0) is 11.2 Å². The molecule has 19 heavy (non-hydrogen) atoms. The highest BCUT2D eigenvalue weighted by Gasteiger charge is 2.09. The summed E-state index contributed by atoms with van der Waals surface area (Å²) in [4.78, 5) is 16.1. The maximum atomic E-state index is 13.1. The first-order valence-corrected chi connectivity index (χ1v) is 7.34. The van der Waals surface area contributed by atoms with E-state index in [0.717, 1.165) is 10.3 Å². The van der Waals surface area contributed by atoms with Gasteiger partial charge in [0.2, 0.25) is 5.91 Å². The Hall–Kier alpha value is -1.79.